The summed E-state index contributed by atoms with van der Waals surface area (Å²) in [7, 11) is 4.30. The van der Waals surface area contributed by atoms with Crippen LogP contribution < -0.4 is 0 Å². The van der Waals surface area contributed by atoms with E-state index in [4.69, 9.17) is 4.52 Å². The molecule has 0 atom stereocenters. The first-order valence-electron chi connectivity index (χ1n) is 9.81. The number of hydrogen-bond acceptors (Lipinski definition) is 5. The van der Waals surface area contributed by atoms with E-state index in [-0.39, 0.29) is 0 Å². The van der Waals surface area contributed by atoms with Crippen molar-refractivity contribution < 1.29 is 4.52 Å². The number of hydrogen-bond donors (Lipinski definition) is 0. The van der Waals surface area contributed by atoms with Crippen molar-refractivity contribution in [2.24, 2.45) is 5.92 Å². The number of rotatable bonds is 7. The molecule has 1 aromatic carbocycles. The van der Waals surface area contributed by atoms with Gasteiger partial charge in [0.05, 0.1) is 6.54 Å². The summed E-state index contributed by atoms with van der Waals surface area (Å²) in [6.07, 6.45) is 3.84. The highest BCUT2D eigenvalue weighted by molar-refractivity contribution is 5.54. The van der Waals surface area contributed by atoms with Crippen molar-refractivity contribution in [3.8, 4) is 11.4 Å². The number of likely N-dealkylation sites (tertiary alicyclic amines) is 1. The van der Waals surface area contributed by atoms with Crippen molar-refractivity contribution in [2.45, 2.75) is 45.6 Å². The molecule has 2 aromatic rings. The van der Waals surface area contributed by atoms with E-state index in [9.17, 15) is 0 Å². The Bertz CT molecular complexity index is 670. The Morgan fingerprint density at radius 3 is 2.46 bits per heavy atom. The standard InChI is InChI=1S/C21H32N4O/c1-16(2)18-5-7-19(8-6-18)21-22-20(26-23-21)15-25-13-10-17(11-14-25)9-12-24(3)4/h5-8,16-17H,9-15H2,1-4H3. The van der Waals surface area contributed by atoms with E-state index < -0.39 is 0 Å². The molecule has 1 aromatic heterocycles. The van der Waals surface area contributed by atoms with Crippen LogP contribution in [0.15, 0.2) is 28.8 Å². The molecule has 1 saturated heterocycles. The maximum atomic E-state index is 5.50. The van der Waals surface area contributed by atoms with Gasteiger partial charge in [0.2, 0.25) is 11.7 Å². The van der Waals surface area contributed by atoms with E-state index in [1.165, 1.54) is 31.4 Å². The van der Waals surface area contributed by atoms with E-state index in [0.29, 0.717) is 11.7 Å². The highest BCUT2D eigenvalue weighted by Gasteiger charge is 2.21. The van der Waals surface area contributed by atoms with Gasteiger partial charge in [-0.1, -0.05) is 43.3 Å². The molecule has 1 fully saturated rings. The first kappa shape index (κ1) is 19.1. The molecule has 0 saturated carbocycles. The van der Waals surface area contributed by atoms with Crippen LogP contribution in [-0.2, 0) is 6.54 Å². The smallest absolute Gasteiger partial charge is 0.241 e. The lowest BCUT2D eigenvalue weighted by atomic mass is 9.93. The van der Waals surface area contributed by atoms with Gasteiger partial charge in [0.25, 0.3) is 0 Å². The maximum Gasteiger partial charge on any atom is 0.241 e. The summed E-state index contributed by atoms with van der Waals surface area (Å²) in [6.45, 7) is 8.60. The maximum absolute atomic E-state index is 5.50. The highest BCUT2D eigenvalue weighted by atomic mass is 16.5. The minimum Gasteiger partial charge on any atom is -0.338 e. The van der Waals surface area contributed by atoms with Crippen LogP contribution in [0, 0.1) is 5.92 Å². The van der Waals surface area contributed by atoms with Crippen LogP contribution >= 0.6 is 0 Å². The third-order valence-electron chi connectivity index (χ3n) is 5.35. The Labute approximate surface area is 157 Å². The fourth-order valence-electron chi connectivity index (χ4n) is 3.52. The zero-order valence-electron chi connectivity index (χ0n) is 16.6. The third kappa shape index (κ3) is 5.15. The summed E-state index contributed by atoms with van der Waals surface area (Å²) in [6, 6.07) is 8.46. The molecule has 0 aliphatic carbocycles. The Morgan fingerprint density at radius 1 is 1.15 bits per heavy atom. The van der Waals surface area contributed by atoms with Gasteiger partial charge in [-0.25, -0.2) is 0 Å². The fraction of sp³-hybridized carbons (Fsp3) is 0.619. The zero-order valence-corrected chi connectivity index (χ0v) is 16.6. The van der Waals surface area contributed by atoms with Crippen LogP contribution in [0.2, 0.25) is 0 Å². The van der Waals surface area contributed by atoms with Crippen molar-refractivity contribution >= 4 is 0 Å². The number of aromatic nitrogens is 2. The van der Waals surface area contributed by atoms with Gasteiger partial charge in [0, 0.05) is 5.56 Å². The summed E-state index contributed by atoms with van der Waals surface area (Å²) < 4.78 is 5.50. The molecule has 5 heteroatoms. The van der Waals surface area contributed by atoms with Crippen molar-refractivity contribution in [3.05, 3.63) is 35.7 Å². The summed E-state index contributed by atoms with van der Waals surface area (Å²) in [5.41, 5.74) is 2.35. The first-order chi connectivity index (χ1) is 12.5. The summed E-state index contributed by atoms with van der Waals surface area (Å²) in [4.78, 5) is 9.32. The molecule has 0 N–H and O–H groups in total. The normalized spacial score (nSPS) is 16.7. The minimum absolute atomic E-state index is 0.533. The van der Waals surface area contributed by atoms with E-state index in [0.717, 1.165) is 37.0 Å². The van der Waals surface area contributed by atoms with E-state index in [1.54, 1.807) is 0 Å². The summed E-state index contributed by atoms with van der Waals surface area (Å²) in [5, 5.41) is 4.17. The Balaban J connectivity index is 1.51. The summed E-state index contributed by atoms with van der Waals surface area (Å²) in [5.74, 6) is 2.80. The molecule has 0 bridgehead atoms. The third-order valence-corrected chi connectivity index (χ3v) is 5.35. The lowest BCUT2D eigenvalue weighted by molar-refractivity contribution is 0.150. The van der Waals surface area contributed by atoms with Crippen LogP contribution in [-0.4, -0.2) is 53.7 Å². The van der Waals surface area contributed by atoms with E-state index in [1.807, 2.05) is 0 Å². The van der Waals surface area contributed by atoms with Crippen LogP contribution in [0.4, 0.5) is 0 Å². The molecular weight excluding hydrogens is 324 g/mol. The number of piperidine rings is 1. The largest absolute Gasteiger partial charge is 0.338 e. The number of nitrogens with zero attached hydrogens (tertiary/aromatic N) is 4. The average molecular weight is 357 g/mol. The molecule has 0 spiro atoms. The molecule has 0 amide bonds. The second kappa shape index (κ2) is 8.78. The predicted molar refractivity (Wildman–Crippen MR) is 105 cm³/mol. The van der Waals surface area contributed by atoms with E-state index in [2.05, 4.69) is 72.1 Å². The zero-order chi connectivity index (χ0) is 18.5. The molecule has 2 heterocycles. The Kier molecular flexibility index (Phi) is 6.43. The molecule has 0 unspecified atom stereocenters. The SMILES string of the molecule is CC(C)c1ccc(-c2noc(CN3CCC(CCN(C)C)CC3)n2)cc1. The summed E-state index contributed by atoms with van der Waals surface area (Å²) >= 11 is 0. The second-order valence-corrected chi connectivity index (χ2v) is 8.10. The van der Waals surface area contributed by atoms with Gasteiger partial charge in [-0.2, -0.15) is 4.98 Å². The predicted octanol–water partition coefficient (Wildman–Crippen LogP) is 4.02. The van der Waals surface area contributed by atoms with Crippen LogP contribution in [0.1, 0.15) is 50.5 Å². The molecule has 3 rings (SSSR count). The molecule has 142 valence electrons. The highest BCUT2D eigenvalue weighted by Crippen LogP contribution is 2.23. The van der Waals surface area contributed by atoms with Crippen molar-refractivity contribution in [1.29, 1.82) is 0 Å². The quantitative estimate of drug-likeness (QED) is 0.750. The lowest BCUT2D eigenvalue weighted by Gasteiger charge is -2.31. The van der Waals surface area contributed by atoms with Gasteiger partial charge >= 0.3 is 0 Å². The second-order valence-electron chi connectivity index (χ2n) is 8.10. The van der Waals surface area contributed by atoms with Crippen molar-refractivity contribution in [1.82, 2.24) is 19.9 Å². The van der Waals surface area contributed by atoms with Gasteiger partial charge in [0.1, 0.15) is 0 Å². The number of benzene rings is 1. The van der Waals surface area contributed by atoms with Gasteiger partial charge in [0.15, 0.2) is 0 Å². The molecular formula is C21H32N4O. The van der Waals surface area contributed by atoms with E-state index >= 15 is 0 Å². The Morgan fingerprint density at radius 2 is 1.85 bits per heavy atom. The monoisotopic (exact) mass is 356 g/mol. The first-order valence-corrected chi connectivity index (χ1v) is 9.81. The van der Waals surface area contributed by atoms with Gasteiger partial charge in [-0.15, -0.1) is 0 Å². The van der Waals surface area contributed by atoms with Crippen LogP contribution in [0.3, 0.4) is 0 Å². The molecule has 1 aliphatic rings. The average Bonchev–Trinajstić information content (AvgIpc) is 3.09. The van der Waals surface area contributed by atoms with Crippen LogP contribution in [0.5, 0.6) is 0 Å². The topological polar surface area (TPSA) is 45.4 Å². The fourth-order valence-corrected chi connectivity index (χ4v) is 3.52. The molecule has 1 aliphatic heterocycles. The Hall–Kier alpha value is -1.72. The van der Waals surface area contributed by atoms with Crippen molar-refractivity contribution in [3.63, 3.8) is 0 Å². The lowest BCUT2D eigenvalue weighted by Crippen LogP contribution is -2.34. The molecule has 0 radical (unpaired) electrons. The van der Waals surface area contributed by atoms with Gasteiger partial charge in [-0.3, -0.25) is 4.90 Å². The van der Waals surface area contributed by atoms with Gasteiger partial charge in [-0.05, 0) is 70.4 Å². The van der Waals surface area contributed by atoms with Crippen molar-refractivity contribution in [2.75, 3.05) is 33.7 Å². The molecule has 26 heavy (non-hydrogen) atoms. The van der Waals surface area contributed by atoms with Crippen LogP contribution in [0.25, 0.3) is 11.4 Å². The van der Waals surface area contributed by atoms with Gasteiger partial charge < -0.3 is 9.42 Å². The minimum atomic E-state index is 0.533. The molecule has 5 nitrogen and oxygen atoms in total.